The number of aliphatic carboxylic acids is 1. The highest BCUT2D eigenvalue weighted by Crippen LogP contribution is 2.11. The first-order chi connectivity index (χ1) is 6.63. The number of hydrogen-bond acceptors (Lipinski definition) is 1. The van der Waals surface area contributed by atoms with Crippen LogP contribution in [0.2, 0.25) is 0 Å². The van der Waals surface area contributed by atoms with Crippen molar-refractivity contribution < 1.29 is 9.90 Å². The minimum atomic E-state index is -0.839. The summed E-state index contributed by atoms with van der Waals surface area (Å²) in [5, 5.41) is 8.84. The van der Waals surface area contributed by atoms with Crippen molar-refractivity contribution >= 4 is 12.0 Å². The van der Waals surface area contributed by atoms with Crippen LogP contribution in [0.25, 0.3) is 6.08 Å². The molecule has 1 N–H and O–H groups in total. The van der Waals surface area contributed by atoms with Crippen LogP contribution in [0.5, 0.6) is 0 Å². The third-order valence-electron chi connectivity index (χ3n) is 2.04. The Morgan fingerprint density at radius 3 is 2.71 bits per heavy atom. The van der Waals surface area contributed by atoms with Gasteiger partial charge in [0, 0.05) is 5.57 Å². The van der Waals surface area contributed by atoms with Crippen LogP contribution in [0.3, 0.4) is 0 Å². The number of hydrogen-bond donors (Lipinski definition) is 1. The van der Waals surface area contributed by atoms with Crippen molar-refractivity contribution in [3.63, 3.8) is 0 Å². The molecule has 0 aliphatic rings. The average Bonchev–Trinajstić information content (AvgIpc) is 2.14. The third kappa shape index (κ3) is 2.73. The Balaban J connectivity index is 3.00. The molecule has 0 radical (unpaired) electrons. The number of carboxylic acid groups (broad SMARTS) is 1. The third-order valence-corrected chi connectivity index (χ3v) is 2.04. The molecule has 1 rings (SSSR count). The van der Waals surface area contributed by atoms with Gasteiger partial charge in [0.05, 0.1) is 0 Å². The van der Waals surface area contributed by atoms with E-state index in [1.165, 1.54) is 0 Å². The minimum Gasteiger partial charge on any atom is -0.478 e. The van der Waals surface area contributed by atoms with Crippen molar-refractivity contribution in [3.8, 4) is 0 Å². The van der Waals surface area contributed by atoms with Crippen molar-refractivity contribution in [2.45, 2.75) is 20.3 Å². The molecular weight excluding hydrogens is 176 g/mol. The molecule has 74 valence electrons. The molecule has 2 heteroatoms. The van der Waals surface area contributed by atoms with E-state index in [0.29, 0.717) is 12.0 Å². The normalized spacial score (nSPS) is 11.4. The molecule has 0 heterocycles. The zero-order chi connectivity index (χ0) is 10.6. The second kappa shape index (κ2) is 4.61. The van der Waals surface area contributed by atoms with Crippen LogP contribution in [-0.2, 0) is 4.79 Å². The molecule has 0 amide bonds. The Morgan fingerprint density at radius 2 is 2.21 bits per heavy atom. The maximum atomic E-state index is 10.8. The van der Waals surface area contributed by atoms with Gasteiger partial charge in [-0.25, -0.2) is 4.79 Å². The van der Waals surface area contributed by atoms with Gasteiger partial charge < -0.3 is 5.11 Å². The van der Waals surface area contributed by atoms with Crippen molar-refractivity contribution in [2.75, 3.05) is 0 Å². The Morgan fingerprint density at radius 1 is 1.50 bits per heavy atom. The first-order valence-electron chi connectivity index (χ1n) is 4.64. The van der Waals surface area contributed by atoms with E-state index in [0.717, 1.165) is 11.1 Å². The van der Waals surface area contributed by atoms with Crippen molar-refractivity contribution in [1.82, 2.24) is 0 Å². The van der Waals surface area contributed by atoms with Crippen molar-refractivity contribution in [1.29, 1.82) is 0 Å². The van der Waals surface area contributed by atoms with Crippen LogP contribution in [0.15, 0.2) is 29.8 Å². The standard InChI is InChI=1S/C12H14O2/c1-3-11(12(13)14)8-10-6-4-5-9(2)7-10/h4-8H,3H2,1-2H3,(H,13,14)/b11-8-. The molecule has 0 fully saturated rings. The molecule has 0 atom stereocenters. The van der Waals surface area contributed by atoms with Gasteiger partial charge in [0.25, 0.3) is 0 Å². The number of benzene rings is 1. The highest BCUT2D eigenvalue weighted by molar-refractivity contribution is 5.92. The minimum absolute atomic E-state index is 0.440. The molecule has 1 aromatic rings. The van der Waals surface area contributed by atoms with E-state index in [2.05, 4.69) is 0 Å². The quantitative estimate of drug-likeness (QED) is 0.744. The highest BCUT2D eigenvalue weighted by atomic mass is 16.4. The lowest BCUT2D eigenvalue weighted by Gasteiger charge is -1.99. The summed E-state index contributed by atoms with van der Waals surface area (Å²) in [7, 11) is 0. The van der Waals surface area contributed by atoms with Gasteiger partial charge in [-0.1, -0.05) is 36.8 Å². The van der Waals surface area contributed by atoms with Gasteiger partial charge in [-0.3, -0.25) is 0 Å². The molecule has 0 aliphatic heterocycles. The molecule has 0 saturated carbocycles. The highest BCUT2D eigenvalue weighted by Gasteiger charge is 2.03. The number of carboxylic acids is 1. The van der Waals surface area contributed by atoms with Gasteiger partial charge in [0.1, 0.15) is 0 Å². The molecule has 1 aromatic carbocycles. The first-order valence-corrected chi connectivity index (χ1v) is 4.64. The lowest BCUT2D eigenvalue weighted by atomic mass is 10.1. The summed E-state index contributed by atoms with van der Waals surface area (Å²) in [6, 6.07) is 7.80. The van der Waals surface area contributed by atoms with Crippen LogP contribution in [0, 0.1) is 6.92 Å². The summed E-state index contributed by atoms with van der Waals surface area (Å²) in [5.74, 6) is -0.839. The van der Waals surface area contributed by atoms with Crippen LogP contribution >= 0.6 is 0 Å². The largest absolute Gasteiger partial charge is 0.478 e. The summed E-state index contributed by atoms with van der Waals surface area (Å²) in [6.45, 7) is 3.83. The van der Waals surface area contributed by atoms with Gasteiger partial charge in [0.15, 0.2) is 0 Å². The summed E-state index contributed by atoms with van der Waals surface area (Å²) >= 11 is 0. The fourth-order valence-corrected chi connectivity index (χ4v) is 1.28. The Bertz CT molecular complexity index is 364. The van der Waals surface area contributed by atoms with Gasteiger partial charge in [0.2, 0.25) is 0 Å². The number of carbonyl (C=O) groups is 1. The van der Waals surface area contributed by atoms with Gasteiger partial charge in [-0.2, -0.15) is 0 Å². The van der Waals surface area contributed by atoms with Crippen LogP contribution < -0.4 is 0 Å². The predicted molar refractivity (Wildman–Crippen MR) is 57.1 cm³/mol. The average molecular weight is 190 g/mol. The predicted octanol–water partition coefficient (Wildman–Crippen LogP) is 2.87. The van der Waals surface area contributed by atoms with E-state index in [1.54, 1.807) is 6.08 Å². The maximum absolute atomic E-state index is 10.8. The van der Waals surface area contributed by atoms with E-state index in [9.17, 15) is 4.79 Å². The second-order valence-electron chi connectivity index (χ2n) is 3.24. The Labute approximate surface area is 83.9 Å². The zero-order valence-corrected chi connectivity index (χ0v) is 8.45. The topological polar surface area (TPSA) is 37.3 Å². The summed E-state index contributed by atoms with van der Waals surface area (Å²) < 4.78 is 0. The summed E-state index contributed by atoms with van der Waals surface area (Å²) in [4.78, 5) is 10.8. The Kier molecular flexibility index (Phi) is 3.46. The van der Waals surface area contributed by atoms with Crippen molar-refractivity contribution in [3.05, 3.63) is 41.0 Å². The molecule has 0 spiro atoms. The maximum Gasteiger partial charge on any atom is 0.331 e. The van der Waals surface area contributed by atoms with E-state index in [-0.39, 0.29) is 0 Å². The lowest BCUT2D eigenvalue weighted by molar-refractivity contribution is -0.132. The van der Waals surface area contributed by atoms with Gasteiger partial charge in [-0.15, -0.1) is 0 Å². The summed E-state index contributed by atoms with van der Waals surface area (Å²) in [5.41, 5.74) is 2.53. The molecule has 14 heavy (non-hydrogen) atoms. The summed E-state index contributed by atoms with van der Waals surface area (Å²) in [6.07, 6.45) is 2.26. The molecule has 0 bridgehead atoms. The smallest absolute Gasteiger partial charge is 0.331 e. The fourth-order valence-electron chi connectivity index (χ4n) is 1.28. The Hall–Kier alpha value is -1.57. The lowest BCUT2D eigenvalue weighted by Crippen LogP contribution is -1.98. The van der Waals surface area contributed by atoms with Crippen LogP contribution in [0.4, 0.5) is 0 Å². The monoisotopic (exact) mass is 190 g/mol. The number of aryl methyl sites for hydroxylation is 1. The first kappa shape index (κ1) is 10.5. The molecule has 0 aliphatic carbocycles. The van der Waals surface area contributed by atoms with E-state index in [4.69, 9.17) is 5.11 Å². The zero-order valence-electron chi connectivity index (χ0n) is 8.45. The van der Waals surface area contributed by atoms with Crippen LogP contribution in [-0.4, -0.2) is 11.1 Å². The molecule has 0 aromatic heterocycles. The van der Waals surface area contributed by atoms with Crippen LogP contribution in [0.1, 0.15) is 24.5 Å². The number of rotatable bonds is 3. The van der Waals surface area contributed by atoms with Gasteiger partial charge >= 0.3 is 5.97 Å². The van der Waals surface area contributed by atoms with E-state index in [1.807, 2.05) is 38.1 Å². The fraction of sp³-hybridized carbons (Fsp3) is 0.250. The van der Waals surface area contributed by atoms with Gasteiger partial charge in [-0.05, 0) is 25.0 Å². The van der Waals surface area contributed by atoms with Crippen molar-refractivity contribution in [2.24, 2.45) is 0 Å². The molecule has 2 nitrogen and oxygen atoms in total. The molecule has 0 unspecified atom stereocenters. The van der Waals surface area contributed by atoms with E-state index >= 15 is 0 Å². The molecule has 0 saturated heterocycles. The molecular formula is C12H14O2. The second-order valence-corrected chi connectivity index (χ2v) is 3.24. The van der Waals surface area contributed by atoms with E-state index < -0.39 is 5.97 Å². The SMILES string of the molecule is CC/C(=C/c1cccc(C)c1)C(=O)O.